The summed E-state index contributed by atoms with van der Waals surface area (Å²) in [6.07, 6.45) is 3.84. The molecule has 2 aromatic carbocycles. The van der Waals surface area contributed by atoms with Crippen LogP contribution in [-0.2, 0) is 20.1 Å². The van der Waals surface area contributed by atoms with Gasteiger partial charge in [-0.2, -0.15) is 0 Å². The number of nitrogens with zero attached hydrogens (tertiary/aromatic N) is 4. The quantitative estimate of drug-likeness (QED) is 0.512. The molecule has 0 saturated carbocycles. The van der Waals surface area contributed by atoms with Crippen molar-refractivity contribution in [3.8, 4) is 5.75 Å². The van der Waals surface area contributed by atoms with E-state index in [0.717, 1.165) is 22.1 Å². The molecule has 4 rings (SSSR count). The number of hydrogen-bond donors (Lipinski definition) is 0. The smallest absolute Gasteiger partial charge is 0.332 e. The first-order valence-corrected chi connectivity index (χ1v) is 9.95. The molecule has 0 aliphatic rings. The average Bonchev–Trinajstić information content (AvgIpc) is 3.08. The van der Waals surface area contributed by atoms with Gasteiger partial charge in [-0.05, 0) is 36.9 Å². The number of aromatic nitrogens is 4. The summed E-state index contributed by atoms with van der Waals surface area (Å²) in [5.41, 5.74) is 1.22. The van der Waals surface area contributed by atoms with Gasteiger partial charge in [-0.1, -0.05) is 36.4 Å². The topological polar surface area (TPSA) is 71.1 Å². The van der Waals surface area contributed by atoms with Gasteiger partial charge in [0.1, 0.15) is 11.6 Å². The maximum atomic E-state index is 12.9. The van der Waals surface area contributed by atoms with Crippen LogP contribution in [0.25, 0.3) is 34.1 Å². The van der Waals surface area contributed by atoms with Crippen LogP contribution in [0.15, 0.2) is 46.0 Å². The second-order valence-corrected chi connectivity index (χ2v) is 7.01. The minimum absolute atomic E-state index is 0.313. The van der Waals surface area contributed by atoms with Crippen LogP contribution in [0.4, 0.5) is 0 Å². The third-order valence-electron chi connectivity index (χ3n) is 5.46. The van der Waals surface area contributed by atoms with Gasteiger partial charge in [0.15, 0.2) is 11.2 Å². The van der Waals surface area contributed by atoms with Crippen molar-refractivity contribution >= 4 is 34.1 Å². The molecule has 0 aliphatic carbocycles. The Balaban J connectivity index is 1.90. The molecule has 0 atom stereocenters. The summed E-state index contributed by atoms with van der Waals surface area (Å²) in [4.78, 5) is 30.1. The monoisotopic (exact) mass is 404 g/mol. The second-order valence-electron chi connectivity index (χ2n) is 7.01. The summed E-state index contributed by atoms with van der Waals surface area (Å²) in [6, 6.07) is 12.0. The molecule has 0 radical (unpaired) electrons. The van der Waals surface area contributed by atoms with Gasteiger partial charge in [-0.15, -0.1) is 0 Å². The lowest BCUT2D eigenvalue weighted by Crippen LogP contribution is -2.39. The number of fused-ring (bicyclic) bond motifs is 2. The molecular formula is C23H24N4O3. The van der Waals surface area contributed by atoms with E-state index in [2.05, 4.69) is 4.98 Å². The van der Waals surface area contributed by atoms with E-state index in [1.807, 2.05) is 55.5 Å². The van der Waals surface area contributed by atoms with Crippen LogP contribution >= 0.6 is 0 Å². The summed E-state index contributed by atoms with van der Waals surface area (Å²) in [6.45, 7) is 4.43. The van der Waals surface area contributed by atoms with Gasteiger partial charge in [0.25, 0.3) is 5.56 Å². The number of aryl methyl sites for hydroxylation is 2. The van der Waals surface area contributed by atoms with Crippen molar-refractivity contribution < 1.29 is 4.74 Å². The summed E-state index contributed by atoms with van der Waals surface area (Å²) >= 11 is 0. The van der Waals surface area contributed by atoms with Gasteiger partial charge in [0, 0.05) is 25.5 Å². The van der Waals surface area contributed by atoms with E-state index in [0.29, 0.717) is 30.1 Å². The van der Waals surface area contributed by atoms with Gasteiger partial charge < -0.3 is 9.30 Å². The van der Waals surface area contributed by atoms with Crippen molar-refractivity contribution in [3.05, 3.63) is 68.6 Å². The Morgan fingerprint density at radius 3 is 2.33 bits per heavy atom. The van der Waals surface area contributed by atoms with E-state index in [9.17, 15) is 9.59 Å². The molecule has 0 fully saturated rings. The standard InChI is InChI=1S/C23H24N4O3/c1-5-26-21-20(22(28)27(6-2)23(26)29)25(3)19(24-21)14-12-15-11-13-18(30-4)17-10-8-7-9-16(15)17/h7-14H,5-6H2,1-4H3. The zero-order valence-corrected chi connectivity index (χ0v) is 17.5. The summed E-state index contributed by atoms with van der Waals surface area (Å²) in [7, 11) is 3.46. The highest BCUT2D eigenvalue weighted by Crippen LogP contribution is 2.29. The van der Waals surface area contributed by atoms with E-state index in [4.69, 9.17) is 4.74 Å². The van der Waals surface area contributed by atoms with Crippen molar-refractivity contribution in [2.75, 3.05) is 7.11 Å². The first-order valence-electron chi connectivity index (χ1n) is 9.95. The van der Waals surface area contributed by atoms with E-state index >= 15 is 0 Å². The maximum absolute atomic E-state index is 12.9. The third kappa shape index (κ3) is 2.94. The van der Waals surface area contributed by atoms with Gasteiger partial charge >= 0.3 is 5.69 Å². The van der Waals surface area contributed by atoms with Crippen LogP contribution in [0.3, 0.4) is 0 Å². The van der Waals surface area contributed by atoms with E-state index in [-0.39, 0.29) is 11.2 Å². The Morgan fingerprint density at radius 2 is 1.67 bits per heavy atom. The summed E-state index contributed by atoms with van der Waals surface area (Å²) < 4.78 is 10.0. The highest BCUT2D eigenvalue weighted by atomic mass is 16.5. The van der Waals surface area contributed by atoms with Crippen LogP contribution in [0.2, 0.25) is 0 Å². The molecule has 2 aromatic heterocycles. The Bertz CT molecular complexity index is 1410. The Morgan fingerprint density at radius 1 is 0.967 bits per heavy atom. The van der Waals surface area contributed by atoms with Crippen LogP contribution in [0, 0.1) is 0 Å². The average molecular weight is 404 g/mol. The summed E-state index contributed by atoms with van der Waals surface area (Å²) in [5.74, 6) is 1.43. The first kappa shape index (κ1) is 19.7. The highest BCUT2D eigenvalue weighted by Gasteiger charge is 2.17. The first-order chi connectivity index (χ1) is 14.5. The van der Waals surface area contributed by atoms with E-state index in [1.165, 1.54) is 4.57 Å². The van der Waals surface area contributed by atoms with Crippen LogP contribution in [0.5, 0.6) is 5.75 Å². The molecular weight excluding hydrogens is 380 g/mol. The second kappa shape index (κ2) is 7.67. The predicted octanol–water partition coefficient (Wildman–Crippen LogP) is 3.27. The Hall–Kier alpha value is -3.61. The molecule has 0 spiro atoms. The number of imidazole rings is 1. The molecule has 4 aromatic rings. The number of ether oxygens (including phenoxy) is 1. The largest absolute Gasteiger partial charge is 0.496 e. The molecule has 7 nitrogen and oxygen atoms in total. The van der Waals surface area contributed by atoms with E-state index < -0.39 is 0 Å². The third-order valence-corrected chi connectivity index (χ3v) is 5.46. The number of benzene rings is 2. The van der Waals surface area contributed by atoms with Crippen molar-refractivity contribution in [1.82, 2.24) is 18.7 Å². The molecule has 0 unspecified atom stereocenters. The molecule has 0 N–H and O–H groups in total. The molecule has 2 heterocycles. The number of hydrogen-bond acceptors (Lipinski definition) is 4. The van der Waals surface area contributed by atoms with Crippen LogP contribution < -0.4 is 16.0 Å². The molecule has 30 heavy (non-hydrogen) atoms. The molecule has 0 saturated heterocycles. The zero-order valence-electron chi connectivity index (χ0n) is 17.5. The highest BCUT2D eigenvalue weighted by molar-refractivity contribution is 5.96. The van der Waals surface area contributed by atoms with Crippen molar-refractivity contribution in [3.63, 3.8) is 0 Å². The molecule has 0 amide bonds. The van der Waals surface area contributed by atoms with Crippen molar-refractivity contribution in [1.29, 1.82) is 0 Å². The van der Waals surface area contributed by atoms with Crippen LogP contribution in [-0.4, -0.2) is 25.8 Å². The number of methoxy groups -OCH3 is 1. The Labute approximate surface area is 173 Å². The van der Waals surface area contributed by atoms with Crippen molar-refractivity contribution in [2.24, 2.45) is 7.05 Å². The molecule has 7 heteroatoms. The summed E-state index contributed by atoms with van der Waals surface area (Å²) in [5, 5.41) is 2.09. The van der Waals surface area contributed by atoms with Gasteiger partial charge in [0.2, 0.25) is 0 Å². The fourth-order valence-electron chi connectivity index (χ4n) is 3.87. The SMILES string of the molecule is CCn1c(=O)c2c(nc(C=Cc3ccc(OC)c4ccccc34)n2C)n(CC)c1=O. The fraction of sp³-hybridized carbons (Fsp3) is 0.261. The van der Waals surface area contributed by atoms with E-state index in [1.54, 1.807) is 30.2 Å². The maximum Gasteiger partial charge on any atom is 0.332 e. The van der Waals surface area contributed by atoms with Gasteiger partial charge in [0.05, 0.1) is 7.11 Å². The molecule has 154 valence electrons. The lowest BCUT2D eigenvalue weighted by atomic mass is 10.0. The zero-order chi connectivity index (χ0) is 21.4. The lowest BCUT2D eigenvalue weighted by molar-refractivity contribution is 0.420. The molecule has 0 aliphatic heterocycles. The van der Waals surface area contributed by atoms with Crippen molar-refractivity contribution in [2.45, 2.75) is 26.9 Å². The molecule has 0 bridgehead atoms. The lowest BCUT2D eigenvalue weighted by Gasteiger charge is -2.08. The minimum atomic E-state index is -0.327. The number of rotatable bonds is 5. The minimum Gasteiger partial charge on any atom is -0.496 e. The normalized spacial score (nSPS) is 11.7. The van der Waals surface area contributed by atoms with Crippen LogP contribution in [0.1, 0.15) is 25.2 Å². The van der Waals surface area contributed by atoms with Gasteiger partial charge in [-0.25, -0.2) is 9.78 Å². The predicted molar refractivity (Wildman–Crippen MR) is 120 cm³/mol. The fourth-order valence-corrected chi connectivity index (χ4v) is 3.87. The Kier molecular flexibility index (Phi) is 5.03. The van der Waals surface area contributed by atoms with Gasteiger partial charge in [-0.3, -0.25) is 13.9 Å².